The van der Waals surface area contributed by atoms with Crippen LogP contribution in [0.5, 0.6) is 0 Å². The van der Waals surface area contributed by atoms with E-state index in [1.54, 1.807) is 7.05 Å². The Morgan fingerprint density at radius 1 is 1.65 bits per heavy atom. The summed E-state index contributed by atoms with van der Waals surface area (Å²) in [7, 11) is 3.02. The van der Waals surface area contributed by atoms with Gasteiger partial charge in [-0.3, -0.25) is 10.1 Å². The zero-order valence-electron chi connectivity index (χ0n) is 11.0. The van der Waals surface area contributed by atoms with E-state index in [2.05, 4.69) is 4.98 Å². The van der Waals surface area contributed by atoms with Crippen molar-refractivity contribution >= 4 is 17.5 Å². The number of aliphatic hydroxyl groups excluding tert-OH is 1. The summed E-state index contributed by atoms with van der Waals surface area (Å²) in [6.07, 6.45) is 0.105. The first-order chi connectivity index (χ1) is 9.36. The van der Waals surface area contributed by atoms with Gasteiger partial charge in [-0.25, -0.2) is 9.78 Å². The SMILES string of the molecule is COCC(O)CN(C)c1cc(C(=O)O)c([N+](=O)[O-])cn1. The average Bonchev–Trinajstić information content (AvgIpc) is 2.37. The topological polar surface area (TPSA) is 126 Å². The molecule has 0 aliphatic heterocycles. The number of rotatable bonds is 7. The first-order valence-electron chi connectivity index (χ1n) is 5.62. The summed E-state index contributed by atoms with van der Waals surface area (Å²) in [6.45, 7) is 0.265. The zero-order valence-corrected chi connectivity index (χ0v) is 11.0. The summed E-state index contributed by atoms with van der Waals surface area (Å²) in [5.74, 6) is -1.20. The van der Waals surface area contributed by atoms with Gasteiger partial charge < -0.3 is 19.8 Å². The molecular formula is C11H15N3O6. The van der Waals surface area contributed by atoms with Crippen LogP contribution in [0.4, 0.5) is 11.5 Å². The Labute approximate surface area is 114 Å². The number of methoxy groups -OCH3 is 1. The molecule has 20 heavy (non-hydrogen) atoms. The third kappa shape index (κ3) is 3.87. The lowest BCUT2D eigenvalue weighted by atomic mass is 10.2. The fourth-order valence-corrected chi connectivity index (χ4v) is 1.62. The summed E-state index contributed by atoms with van der Waals surface area (Å²) in [6, 6.07) is 1.10. The molecule has 0 amide bonds. The minimum atomic E-state index is -1.41. The highest BCUT2D eigenvalue weighted by Gasteiger charge is 2.22. The van der Waals surface area contributed by atoms with E-state index in [0.717, 1.165) is 12.3 Å². The highest BCUT2D eigenvalue weighted by molar-refractivity contribution is 5.93. The van der Waals surface area contributed by atoms with Crippen molar-refractivity contribution in [3.05, 3.63) is 27.9 Å². The molecule has 9 nitrogen and oxygen atoms in total. The molecule has 1 aromatic heterocycles. The van der Waals surface area contributed by atoms with Gasteiger partial charge in [0.05, 0.1) is 17.6 Å². The summed E-state index contributed by atoms with van der Waals surface area (Å²) in [5.41, 5.74) is -1.03. The number of nitro groups is 1. The molecule has 0 fully saturated rings. The van der Waals surface area contributed by atoms with Gasteiger partial charge in [-0.1, -0.05) is 0 Å². The van der Waals surface area contributed by atoms with Gasteiger partial charge >= 0.3 is 11.7 Å². The van der Waals surface area contributed by atoms with E-state index < -0.39 is 28.2 Å². The Morgan fingerprint density at radius 3 is 2.80 bits per heavy atom. The number of carbonyl (C=O) groups is 1. The van der Waals surface area contributed by atoms with Gasteiger partial charge in [-0.15, -0.1) is 0 Å². The number of hydrogen-bond acceptors (Lipinski definition) is 7. The molecule has 0 aliphatic carbocycles. The number of pyridine rings is 1. The van der Waals surface area contributed by atoms with E-state index in [-0.39, 0.29) is 19.0 Å². The van der Waals surface area contributed by atoms with E-state index in [4.69, 9.17) is 9.84 Å². The van der Waals surface area contributed by atoms with Crippen molar-refractivity contribution in [3.63, 3.8) is 0 Å². The Morgan fingerprint density at radius 2 is 2.30 bits per heavy atom. The van der Waals surface area contributed by atoms with Crippen molar-refractivity contribution in [1.29, 1.82) is 0 Å². The summed E-state index contributed by atoms with van der Waals surface area (Å²) in [5, 5.41) is 29.3. The Balaban J connectivity index is 2.99. The molecule has 2 N–H and O–H groups in total. The summed E-state index contributed by atoms with van der Waals surface area (Å²) in [4.78, 5) is 26.2. The van der Waals surface area contributed by atoms with E-state index in [0.29, 0.717) is 0 Å². The third-order valence-corrected chi connectivity index (χ3v) is 2.53. The maximum atomic E-state index is 11.0. The second kappa shape index (κ2) is 6.78. The Kier molecular flexibility index (Phi) is 5.35. The molecule has 1 unspecified atom stereocenters. The maximum absolute atomic E-state index is 11.0. The van der Waals surface area contributed by atoms with Crippen molar-refractivity contribution in [2.24, 2.45) is 0 Å². The van der Waals surface area contributed by atoms with Crippen molar-refractivity contribution < 1.29 is 24.7 Å². The van der Waals surface area contributed by atoms with E-state index in [1.807, 2.05) is 0 Å². The monoisotopic (exact) mass is 285 g/mol. The number of aliphatic hydroxyl groups is 1. The average molecular weight is 285 g/mol. The minimum Gasteiger partial charge on any atom is -0.477 e. The van der Waals surface area contributed by atoms with Gasteiger partial charge in [-0.05, 0) is 0 Å². The van der Waals surface area contributed by atoms with Gasteiger partial charge in [0.2, 0.25) is 0 Å². The molecule has 0 saturated heterocycles. The molecule has 0 radical (unpaired) electrons. The van der Waals surface area contributed by atoms with Crippen LogP contribution in [0.3, 0.4) is 0 Å². The number of likely N-dealkylation sites (N-methyl/N-ethyl adjacent to an activating group) is 1. The molecule has 1 heterocycles. The van der Waals surface area contributed by atoms with E-state index in [1.165, 1.54) is 12.0 Å². The molecular weight excluding hydrogens is 270 g/mol. The predicted molar refractivity (Wildman–Crippen MR) is 69.0 cm³/mol. The number of ether oxygens (including phenoxy) is 1. The second-order valence-electron chi connectivity index (χ2n) is 4.11. The van der Waals surface area contributed by atoms with Crippen LogP contribution in [0.15, 0.2) is 12.3 Å². The van der Waals surface area contributed by atoms with Gasteiger partial charge in [0.15, 0.2) is 0 Å². The van der Waals surface area contributed by atoms with Crippen LogP contribution in [0.25, 0.3) is 0 Å². The molecule has 0 aromatic carbocycles. The summed E-state index contributed by atoms with van der Waals surface area (Å²) >= 11 is 0. The minimum absolute atomic E-state index is 0.114. The van der Waals surface area contributed by atoms with Gasteiger partial charge in [0.1, 0.15) is 17.6 Å². The maximum Gasteiger partial charge on any atom is 0.342 e. The van der Waals surface area contributed by atoms with Crippen molar-refractivity contribution in [3.8, 4) is 0 Å². The quantitative estimate of drug-likeness (QED) is 0.534. The molecule has 0 spiro atoms. The number of aromatic nitrogens is 1. The first-order valence-corrected chi connectivity index (χ1v) is 5.62. The molecule has 0 aliphatic rings. The fraction of sp³-hybridized carbons (Fsp3) is 0.455. The normalized spacial score (nSPS) is 11.9. The van der Waals surface area contributed by atoms with Crippen LogP contribution in [0.2, 0.25) is 0 Å². The number of nitrogens with zero attached hydrogens (tertiary/aromatic N) is 3. The van der Waals surface area contributed by atoms with Crippen LogP contribution in [-0.2, 0) is 4.74 Å². The largest absolute Gasteiger partial charge is 0.477 e. The van der Waals surface area contributed by atoms with Gasteiger partial charge in [-0.2, -0.15) is 0 Å². The van der Waals surface area contributed by atoms with Crippen LogP contribution < -0.4 is 4.90 Å². The molecule has 110 valence electrons. The standard InChI is InChI=1S/C11H15N3O6/c1-13(5-7(15)6-20-2)10-3-8(11(16)17)9(4-12-10)14(18)19/h3-4,7,15H,5-6H2,1-2H3,(H,16,17). The first kappa shape index (κ1) is 15.8. The second-order valence-corrected chi connectivity index (χ2v) is 4.11. The van der Waals surface area contributed by atoms with E-state index >= 15 is 0 Å². The Bertz CT molecular complexity index is 507. The number of anilines is 1. The highest BCUT2D eigenvalue weighted by Crippen LogP contribution is 2.22. The molecule has 1 atom stereocenters. The lowest BCUT2D eigenvalue weighted by molar-refractivity contribution is -0.385. The molecule has 0 bridgehead atoms. The van der Waals surface area contributed by atoms with Gasteiger partial charge in [0.25, 0.3) is 0 Å². The molecule has 1 rings (SSSR count). The predicted octanol–water partition coefficient (Wildman–Crippen LogP) is 0.132. The summed E-state index contributed by atoms with van der Waals surface area (Å²) < 4.78 is 4.77. The van der Waals surface area contributed by atoms with Crippen molar-refractivity contribution in [2.75, 3.05) is 32.2 Å². The third-order valence-electron chi connectivity index (χ3n) is 2.53. The van der Waals surface area contributed by atoms with Gasteiger partial charge in [0, 0.05) is 26.8 Å². The number of aromatic carboxylic acids is 1. The fourth-order valence-electron chi connectivity index (χ4n) is 1.62. The number of carboxylic acid groups (broad SMARTS) is 1. The van der Waals surface area contributed by atoms with Crippen LogP contribution >= 0.6 is 0 Å². The molecule has 1 aromatic rings. The van der Waals surface area contributed by atoms with Crippen LogP contribution in [-0.4, -0.2) is 59.5 Å². The van der Waals surface area contributed by atoms with Crippen LogP contribution in [0.1, 0.15) is 10.4 Å². The molecule has 0 saturated carbocycles. The molecule has 9 heteroatoms. The Hall–Kier alpha value is -2.26. The van der Waals surface area contributed by atoms with E-state index in [9.17, 15) is 20.0 Å². The van der Waals surface area contributed by atoms with Crippen LogP contribution in [0, 0.1) is 10.1 Å². The smallest absolute Gasteiger partial charge is 0.342 e. The lowest BCUT2D eigenvalue weighted by Crippen LogP contribution is -2.32. The van der Waals surface area contributed by atoms with Crippen molar-refractivity contribution in [2.45, 2.75) is 6.10 Å². The lowest BCUT2D eigenvalue weighted by Gasteiger charge is -2.21. The highest BCUT2D eigenvalue weighted by atomic mass is 16.6. The number of hydrogen-bond donors (Lipinski definition) is 2. The van der Waals surface area contributed by atoms with Crippen molar-refractivity contribution in [1.82, 2.24) is 4.98 Å². The number of carboxylic acids is 1. The zero-order chi connectivity index (χ0) is 15.3.